The highest BCUT2D eigenvalue weighted by Crippen LogP contribution is 2.23. The summed E-state index contributed by atoms with van der Waals surface area (Å²) in [6, 6.07) is 7.10. The van der Waals surface area contributed by atoms with Gasteiger partial charge in [0.2, 0.25) is 5.91 Å². The number of hydrogen-bond acceptors (Lipinski definition) is 6. The molecule has 0 aliphatic heterocycles. The molecule has 0 unspecified atom stereocenters. The number of halogens is 1. The third kappa shape index (κ3) is 6.12. The van der Waals surface area contributed by atoms with Gasteiger partial charge in [-0.15, -0.1) is 11.8 Å². The fourth-order valence-electron chi connectivity index (χ4n) is 2.67. The standard InChI is InChI=1S/C19H25ClN4O4S/c1-3-4-9-24-17(21)16(18(26)22-19(24)27)23(10-11-28-2)15(25)12-29-14-7-5-13(20)6-8-14/h5-8H,3-4,9-12,21H2,1-2H3,(H,22,26,27). The molecule has 8 nitrogen and oxygen atoms in total. The van der Waals surface area contributed by atoms with E-state index in [1.807, 2.05) is 19.1 Å². The molecule has 29 heavy (non-hydrogen) atoms. The summed E-state index contributed by atoms with van der Waals surface area (Å²) in [6.07, 6.45) is 1.57. The molecule has 10 heteroatoms. The number of hydrogen-bond donors (Lipinski definition) is 2. The largest absolute Gasteiger partial charge is 0.383 e. The van der Waals surface area contributed by atoms with Crippen LogP contribution in [0.1, 0.15) is 19.8 Å². The third-order valence-electron chi connectivity index (χ3n) is 4.22. The Balaban J connectivity index is 2.33. The number of carbonyl (C=O) groups is 1. The van der Waals surface area contributed by atoms with Crippen LogP contribution in [0.15, 0.2) is 38.8 Å². The molecule has 0 fully saturated rings. The van der Waals surface area contributed by atoms with Gasteiger partial charge in [0.15, 0.2) is 5.69 Å². The quantitative estimate of drug-likeness (QED) is 0.548. The van der Waals surface area contributed by atoms with Gasteiger partial charge in [0.05, 0.1) is 12.4 Å². The third-order valence-corrected chi connectivity index (χ3v) is 5.46. The molecule has 1 aromatic carbocycles. The first kappa shape index (κ1) is 23.1. The zero-order valence-corrected chi connectivity index (χ0v) is 18.0. The molecule has 0 radical (unpaired) electrons. The molecule has 1 aromatic heterocycles. The predicted molar refractivity (Wildman–Crippen MR) is 117 cm³/mol. The van der Waals surface area contributed by atoms with Crippen LogP contribution in [0, 0.1) is 0 Å². The van der Waals surface area contributed by atoms with E-state index in [4.69, 9.17) is 22.1 Å². The van der Waals surface area contributed by atoms with E-state index in [2.05, 4.69) is 4.98 Å². The van der Waals surface area contributed by atoms with Crippen LogP contribution in [0.2, 0.25) is 5.02 Å². The van der Waals surface area contributed by atoms with Crippen molar-refractivity contribution in [2.75, 3.05) is 36.6 Å². The van der Waals surface area contributed by atoms with E-state index in [1.165, 1.54) is 28.3 Å². The van der Waals surface area contributed by atoms with Gasteiger partial charge in [0.1, 0.15) is 5.82 Å². The lowest BCUT2D eigenvalue weighted by Crippen LogP contribution is -2.43. The second-order valence-electron chi connectivity index (χ2n) is 6.28. The zero-order valence-electron chi connectivity index (χ0n) is 16.4. The topological polar surface area (TPSA) is 110 Å². The highest BCUT2D eigenvalue weighted by Gasteiger charge is 2.24. The number of aromatic nitrogens is 2. The number of unbranched alkanes of at least 4 members (excludes halogenated alkanes) is 1. The van der Waals surface area contributed by atoms with Crippen LogP contribution in [0.25, 0.3) is 0 Å². The van der Waals surface area contributed by atoms with Gasteiger partial charge in [0.25, 0.3) is 5.56 Å². The lowest BCUT2D eigenvalue weighted by atomic mass is 10.3. The average molecular weight is 441 g/mol. The Labute approximate surface area is 178 Å². The maximum Gasteiger partial charge on any atom is 0.330 e. The Kier molecular flexibility index (Phi) is 8.81. The number of benzene rings is 1. The highest BCUT2D eigenvalue weighted by molar-refractivity contribution is 8.00. The SMILES string of the molecule is CCCCn1c(N)c(N(CCOC)C(=O)CSc2ccc(Cl)cc2)c(=O)[nH]c1=O. The summed E-state index contributed by atoms with van der Waals surface area (Å²) in [4.78, 5) is 42.0. The van der Waals surface area contributed by atoms with Gasteiger partial charge in [-0.3, -0.25) is 19.1 Å². The minimum absolute atomic E-state index is 0.0202. The maximum atomic E-state index is 12.9. The Morgan fingerprint density at radius 1 is 1.31 bits per heavy atom. The number of H-pyrrole nitrogens is 1. The van der Waals surface area contributed by atoms with Crippen LogP contribution in [0.4, 0.5) is 11.5 Å². The van der Waals surface area contributed by atoms with Crippen LogP contribution >= 0.6 is 23.4 Å². The summed E-state index contributed by atoms with van der Waals surface area (Å²) in [5.74, 6) is -0.258. The lowest BCUT2D eigenvalue weighted by Gasteiger charge is -2.24. The summed E-state index contributed by atoms with van der Waals surface area (Å²) in [6.45, 7) is 2.69. The van der Waals surface area contributed by atoms with Crippen LogP contribution in [-0.2, 0) is 16.1 Å². The molecule has 0 bridgehead atoms. The second-order valence-corrected chi connectivity index (χ2v) is 7.76. The molecule has 158 valence electrons. The molecule has 0 saturated heterocycles. The normalized spacial score (nSPS) is 10.9. The number of thioether (sulfide) groups is 1. The van der Waals surface area contributed by atoms with Crippen molar-refractivity contribution < 1.29 is 9.53 Å². The number of nitrogens with two attached hydrogens (primary N) is 1. The number of methoxy groups -OCH3 is 1. The van der Waals surface area contributed by atoms with Gasteiger partial charge < -0.3 is 15.4 Å². The Hall–Kier alpha value is -2.23. The van der Waals surface area contributed by atoms with E-state index >= 15 is 0 Å². The molecule has 2 rings (SSSR count). The maximum absolute atomic E-state index is 12.9. The Morgan fingerprint density at radius 2 is 2.00 bits per heavy atom. The number of aromatic amines is 1. The molecule has 0 spiro atoms. The Bertz CT molecular complexity index is 943. The first-order valence-electron chi connectivity index (χ1n) is 9.19. The zero-order chi connectivity index (χ0) is 21.4. The molecule has 0 saturated carbocycles. The van der Waals surface area contributed by atoms with Crippen molar-refractivity contribution in [1.82, 2.24) is 9.55 Å². The minimum atomic E-state index is -0.693. The summed E-state index contributed by atoms with van der Waals surface area (Å²) in [5, 5.41) is 0.607. The first-order valence-corrected chi connectivity index (χ1v) is 10.6. The smallest absolute Gasteiger partial charge is 0.330 e. The molecule has 0 atom stereocenters. The van der Waals surface area contributed by atoms with Crippen LogP contribution in [0.5, 0.6) is 0 Å². The number of anilines is 2. The van der Waals surface area contributed by atoms with Crippen molar-refractivity contribution in [2.24, 2.45) is 0 Å². The first-order chi connectivity index (χ1) is 13.9. The number of nitrogens with zero attached hydrogens (tertiary/aromatic N) is 2. The summed E-state index contributed by atoms with van der Waals surface area (Å²) in [5.41, 5.74) is 4.84. The summed E-state index contributed by atoms with van der Waals surface area (Å²) < 4.78 is 6.37. The van der Waals surface area contributed by atoms with Crippen molar-refractivity contribution in [3.63, 3.8) is 0 Å². The van der Waals surface area contributed by atoms with Crippen molar-refractivity contribution in [1.29, 1.82) is 0 Å². The molecule has 3 N–H and O–H groups in total. The van der Waals surface area contributed by atoms with Crippen molar-refractivity contribution in [2.45, 2.75) is 31.2 Å². The molecule has 0 aliphatic carbocycles. The fourth-order valence-corrected chi connectivity index (χ4v) is 3.57. The highest BCUT2D eigenvalue weighted by atomic mass is 35.5. The van der Waals surface area contributed by atoms with Gasteiger partial charge in [0, 0.05) is 30.1 Å². The molecule has 2 aromatic rings. The Morgan fingerprint density at radius 3 is 2.62 bits per heavy atom. The average Bonchev–Trinajstić information content (AvgIpc) is 2.69. The van der Waals surface area contributed by atoms with E-state index in [9.17, 15) is 14.4 Å². The molecule has 0 aliphatic rings. The van der Waals surface area contributed by atoms with E-state index in [0.29, 0.717) is 18.0 Å². The number of nitrogen functional groups attached to an aromatic ring is 1. The number of nitrogens with one attached hydrogen (secondary N) is 1. The second kappa shape index (κ2) is 11.1. The van der Waals surface area contributed by atoms with Gasteiger partial charge in [-0.2, -0.15) is 0 Å². The number of ether oxygens (including phenoxy) is 1. The van der Waals surface area contributed by atoms with E-state index in [1.54, 1.807) is 12.1 Å². The molecular formula is C19H25ClN4O4S. The summed E-state index contributed by atoms with van der Waals surface area (Å²) >= 11 is 7.20. The number of amides is 1. The molecule has 1 heterocycles. The lowest BCUT2D eigenvalue weighted by molar-refractivity contribution is -0.116. The van der Waals surface area contributed by atoms with Gasteiger partial charge in [-0.25, -0.2) is 4.79 Å². The van der Waals surface area contributed by atoms with E-state index in [0.717, 1.165) is 11.3 Å². The summed E-state index contributed by atoms with van der Waals surface area (Å²) in [7, 11) is 1.50. The monoisotopic (exact) mass is 440 g/mol. The van der Waals surface area contributed by atoms with Crippen molar-refractivity contribution >= 4 is 40.8 Å². The van der Waals surface area contributed by atoms with Crippen LogP contribution in [0.3, 0.4) is 0 Å². The number of rotatable bonds is 10. The fraction of sp³-hybridized carbons (Fsp3) is 0.421. The minimum Gasteiger partial charge on any atom is -0.383 e. The van der Waals surface area contributed by atoms with Crippen LogP contribution < -0.4 is 21.9 Å². The van der Waals surface area contributed by atoms with Crippen LogP contribution in [-0.4, -0.2) is 41.5 Å². The van der Waals surface area contributed by atoms with Gasteiger partial charge in [-0.1, -0.05) is 24.9 Å². The molecule has 1 amide bonds. The van der Waals surface area contributed by atoms with Crippen molar-refractivity contribution in [3.05, 3.63) is 50.1 Å². The van der Waals surface area contributed by atoms with E-state index in [-0.39, 0.29) is 36.3 Å². The number of carbonyl (C=O) groups excluding carboxylic acids is 1. The van der Waals surface area contributed by atoms with E-state index < -0.39 is 11.2 Å². The van der Waals surface area contributed by atoms with Crippen molar-refractivity contribution in [3.8, 4) is 0 Å². The predicted octanol–water partition coefficient (Wildman–Crippen LogP) is 2.34. The molecular weight excluding hydrogens is 416 g/mol. The van der Waals surface area contributed by atoms with Gasteiger partial charge in [-0.05, 0) is 30.7 Å². The van der Waals surface area contributed by atoms with Gasteiger partial charge >= 0.3 is 5.69 Å².